The number of aryl methyl sites for hydroxylation is 1. The van der Waals surface area contributed by atoms with E-state index in [4.69, 9.17) is 0 Å². The SMILES string of the molecule is Cc1cc2nnn(CC3CCCC3)c2cc1Br. The van der Waals surface area contributed by atoms with E-state index >= 15 is 0 Å². The summed E-state index contributed by atoms with van der Waals surface area (Å²) >= 11 is 3.58. The van der Waals surface area contributed by atoms with Crippen molar-refractivity contribution in [2.24, 2.45) is 5.92 Å². The second-order valence-corrected chi connectivity index (χ2v) is 5.87. The van der Waals surface area contributed by atoms with E-state index in [1.807, 2.05) is 0 Å². The molecule has 0 atom stereocenters. The molecule has 0 aliphatic heterocycles. The fourth-order valence-electron chi connectivity index (χ4n) is 2.67. The van der Waals surface area contributed by atoms with Crippen LogP contribution >= 0.6 is 15.9 Å². The monoisotopic (exact) mass is 293 g/mol. The third-order valence-electron chi connectivity index (χ3n) is 3.70. The summed E-state index contributed by atoms with van der Waals surface area (Å²) in [5.41, 5.74) is 3.36. The van der Waals surface area contributed by atoms with Crippen LogP contribution in [0.3, 0.4) is 0 Å². The van der Waals surface area contributed by atoms with Gasteiger partial charge in [0.15, 0.2) is 0 Å². The molecule has 1 aliphatic rings. The second-order valence-electron chi connectivity index (χ2n) is 5.01. The zero-order valence-corrected chi connectivity index (χ0v) is 11.6. The smallest absolute Gasteiger partial charge is 0.113 e. The molecule has 90 valence electrons. The van der Waals surface area contributed by atoms with Crippen LogP contribution in [0.1, 0.15) is 31.2 Å². The average Bonchev–Trinajstić information content (AvgIpc) is 2.92. The van der Waals surface area contributed by atoms with Crippen LogP contribution in [0, 0.1) is 12.8 Å². The van der Waals surface area contributed by atoms with Gasteiger partial charge in [0, 0.05) is 11.0 Å². The summed E-state index contributed by atoms with van der Waals surface area (Å²) in [7, 11) is 0. The topological polar surface area (TPSA) is 30.7 Å². The summed E-state index contributed by atoms with van der Waals surface area (Å²) in [4.78, 5) is 0. The predicted molar refractivity (Wildman–Crippen MR) is 71.9 cm³/mol. The van der Waals surface area contributed by atoms with Gasteiger partial charge in [-0.15, -0.1) is 5.10 Å². The molecular formula is C13H16BrN3. The number of halogens is 1. The Morgan fingerprint density at radius 2 is 2.12 bits per heavy atom. The molecule has 3 rings (SSSR count). The standard InChI is InChI=1S/C13H16BrN3/c1-9-6-12-13(7-11(9)14)17(16-15-12)8-10-4-2-3-5-10/h6-7,10H,2-5,8H2,1H3. The quantitative estimate of drug-likeness (QED) is 0.845. The van der Waals surface area contributed by atoms with Crippen molar-refractivity contribution in [1.82, 2.24) is 15.0 Å². The van der Waals surface area contributed by atoms with Crippen molar-refractivity contribution < 1.29 is 0 Å². The number of fused-ring (bicyclic) bond motifs is 1. The van der Waals surface area contributed by atoms with Crippen molar-refractivity contribution in [3.05, 3.63) is 22.2 Å². The zero-order valence-electron chi connectivity index (χ0n) is 9.99. The highest BCUT2D eigenvalue weighted by Gasteiger charge is 2.17. The molecule has 0 N–H and O–H groups in total. The largest absolute Gasteiger partial charge is 0.244 e. The summed E-state index contributed by atoms with van der Waals surface area (Å²) in [6.07, 6.45) is 5.43. The molecule has 0 saturated heterocycles. The van der Waals surface area contributed by atoms with Crippen LogP contribution in [-0.2, 0) is 6.54 Å². The van der Waals surface area contributed by atoms with Crippen LogP contribution in [0.15, 0.2) is 16.6 Å². The number of rotatable bonds is 2. The molecule has 17 heavy (non-hydrogen) atoms. The normalized spacial score (nSPS) is 17.1. The lowest BCUT2D eigenvalue weighted by molar-refractivity contribution is 0.430. The van der Waals surface area contributed by atoms with Crippen LogP contribution in [0.4, 0.5) is 0 Å². The molecule has 0 bridgehead atoms. The molecule has 3 nitrogen and oxygen atoms in total. The Hall–Kier alpha value is -0.900. The first-order chi connectivity index (χ1) is 8.24. The van der Waals surface area contributed by atoms with Crippen molar-refractivity contribution in [3.63, 3.8) is 0 Å². The maximum atomic E-state index is 4.29. The van der Waals surface area contributed by atoms with E-state index in [1.54, 1.807) is 0 Å². The van der Waals surface area contributed by atoms with E-state index in [2.05, 4.69) is 50.0 Å². The van der Waals surface area contributed by atoms with Crippen LogP contribution in [0.25, 0.3) is 11.0 Å². The van der Waals surface area contributed by atoms with E-state index in [9.17, 15) is 0 Å². The molecule has 1 saturated carbocycles. The molecule has 1 aliphatic carbocycles. The van der Waals surface area contributed by atoms with E-state index < -0.39 is 0 Å². The molecule has 1 heterocycles. The summed E-state index contributed by atoms with van der Waals surface area (Å²) in [5, 5.41) is 8.54. The van der Waals surface area contributed by atoms with Crippen LogP contribution in [0.2, 0.25) is 0 Å². The van der Waals surface area contributed by atoms with E-state index in [0.29, 0.717) is 0 Å². The third kappa shape index (κ3) is 2.10. The maximum Gasteiger partial charge on any atom is 0.113 e. The molecule has 1 aromatic heterocycles. The summed E-state index contributed by atoms with van der Waals surface area (Å²) in [6.45, 7) is 3.10. The highest BCUT2D eigenvalue weighted by Crippen LogP contribution is 2.28. The Bertz CT molecular complexity index is 541. The Morgan fingerprint density at radius 1 is 1.35 bits per heavy atom. The van der Waals surface area contributed by atoms with Crippen LogP contribution in [0.5, 0.6) is 0 Å². The molecule has 0 amide bonds. The number of benzene rings is 1. The van der Waals surface area contributed by atoms with E-state index in [-0.39, 0.29) is 0 Å². The van der Waals surface area contributed by atoms with Crippen LogP contribution < -0.4 is 0 Å². The molecule has 1 fully saturated rings. The molecule has 0 radical (unpaired) electrons. The average molecular weight is 294 g/mol. The third-order valence-corrected chi connectivity index (χ3v) is 4.55. The van der Waals surface area contributed by atoms with Crippen LogP contribution in [-0.4, -0.2) is 15.0 Å². The van der Waals surface area contributed by atoms with Gasteiger partial charge in [0.05, 0.1) is 5.52 Å². The number of aromatic nitrogens is 3. The highest BCUT2D eigenvalue weighted by atomic mass is 79.9. The van der Waals surface area contributed by atoms with Gasteiger partial charge in [-0.2, -0.15) is 0 Å². The molecule has 0 spiro atoms. The van der Waals surface area contributed by atoms with Crippen molar-refractivity contribution in [3.8, 4) is 0 Å². The van der Waals surface area contributed by atoms with Gasteiger partial charge in [-0.1, -0.05) is 34.0 Å². The lowest BCUT2D eigenvalue weighted by atomic mass is 10.1. The van der Waals surface area contributed by atoms with Gasteiger partial charge >= 0.3 is 0 Å². The van der Waals surface area contributed by atoms with E-state index in [1.165, 1.54) is 31.2 Å². The molecular weight excluding hydrogens is 278 g/mol. The zero-order chi connectivity index (χ0) is 11.8. The van der Waals surface area contributed by atoms with Crippen molar-refractivity contribution in [2.75, 3.05) is 0 Å². The van der Waals surface area contributed by atoms with E-state index in [0.717, 1.165) is 28.0 Å². The fourth-order valence-corrected chi connectivity index (χ4v) is 3.00. The maximum absolute atomic E-state index is 4.29. The minimum atomic E-state index is 0.792. The molecule has 1 aromatic carbocycles. The highest BCUT2D eigenvalue weighted by molar-refractivity contribution is 9.10. The summed E-state index contributed by atoms with van der Waals surface area (Å²) < 4.78 is 3.20. The first kappa shape index (κ1) is 11.2. The van der Waals surface area contributed by atoms with Crippen molar-refractivity contribution >= 4 is 27.0 Å². The van der Waals surface area contributed by atoms with Crippen molar-refractivity contribution in [1.29, 1.82) is 0 Å². The minimum Gasteiger partial charge on any atom is -0.244 e. The van der Waals surface area contributed by atoms with Gasteiger partial charge in [-0.05, 0) is 43.4 Å². The van der Waals surface area contributed by atoms with Gasteiger partial charge in [0.2, 0.25) is 0 Å². The summed E-state index contributed by atoms with van der Waals surface area (Å²) in [5.74, 6) is 0.792. The number of nitrogens with zero attached hydrogens (tertiary/aromatic N) is 3. The first-order valence-electron chi connectivity index (χ1n) is 6.23. The van der Waals surface area contributed by atoms with Gasteiger partial charge in [-0.3, -0.25) is 0 Å². The molecule has 0 unspecified atom stereocenters. The van der Waals surface area contributed by atoms with Gasteiger partial charge in [-0.25, -0.2) is 4.68 Å². The molecule has 2 aromatic rings. The minimum absolute atomic E-state index is 0.792. The number of hydrogen-bond acceptors (Lipinski definition) is 2. The predicted octanol–water partition coefficient (Wildman–Crippen LogP) is 3.69. The van der Waals surface area contributed by atoms with Crippen molar-refractivity contribution in [2.45, 2.75) is 39.2 Å². The van der Waals surface area contributed by atoms with Gasteiger partial charge in [0.1, 0.15) is 5.52 Å². The Kier molecular flexibility index (Phi) is 2.90. The summed E-state index contributed by atoms with van der Waals surface area (Å²) in [6, 6.07) is 4.23. The Labute approximate surface area is 109 Å². The van der Waals surface area contributed by atoms with Gasteiger partial charge in [0.25, 0.3) is 0 Å². The fraction of sp³-hybridized carbons (Fsp3) is 0.538. The lowest BCUT2D eigenvalue weighted by Crippen LogP contribution is -2.08. The Balaban J connectivity index is 1.96. The first-order valence-corrected chi connectivity index (χ1v) is 7.02. The van der Waals surface area contributed by atoms with Gasteiger partial charge < -0.3 is 0 Å². The lowest BCUT2D eigenvalue weighted by Gasteiger charge is -2.09. The second kappa shape index (κ2) is 4.41. The number of hydrogen-bond donors (Lipinski definition) is 0. The Morgan fingerprint density at radius 3 is 2.88 bits per heavy atom. The molecule has 4 heteroatoms.